The minimum Gasteiger partial charge on any atom is -0.489 e. The van der Waals surface area contributed by atoms with E-state index in [-0.39, 0.29) is 59.5 Å². The molecule has 0 aromatic heterocycles. The lowest BCUT2D eigenvalue weighted by molar-refractivity contribution is -0.138. The van der Waals surface area contributed by atoms with Crippen molar-refractivity contribution in [2.45, 2.75) is 96.2 Å². The summed E-state index contributed by atoms with van der Waals surface area (Å²) in [5, 5.41) is 8.31. The van der Waals surface area contributed by atoms with Gasteiger partial charge in [0.25, 0.3) is 17.7 Å². The number of alkyl halides is 3. The molecule has 4 unspecified atom stereocenters. The van der Waals surface area contributed by atoms with Crippen LogP contribution in [-0.4, -0.2) is 101 Å². The maximum absolute atomic E-state index is 14.4. The van der Waals surface area contributed by atoms with Gasteiger partial charge in [-0.3, -0.25) is 33.4 Å². The molecular formula is C48H58Cl4FN4O11P. The maximum atomic E-state index is 14.4. The van der Waals surface area contributed by atoms with E-state index in [1.807, 2.05) is 63.2 Å². The second-order valence-corrected chi connectivity index (χ2v) is 20.2. The van der Waals surface area contributed by atoms with Crippen molar-refractivity contribution in [3.8, 4) is 23.8 Å². The summed E-state index contributed by atoms with van der Waals surface area (Å²) >= 11 is 22.9. The number of carbonyl (C=O) groups is 5. The van der Waals surface area contributed by atoms with Crippen LogP contribution in [0.1, 0.15) is 70.9 Å². The van der Waals surface area contributed by atoms with Crippen molar-refractivity contribution >= 4 is 100 Å². The molecule has 0 fully saturated rings. The van der Waals surface area contributed by atoms with Crippen molar-refractivity contribution in [2.75, 3.05) is 53.4 Å². The van der Waals surface area contributed by atoms with Gasteiger partial charge in [0.1, 0.15) is 42.6 Å². The number of carboxylic acids is 1. The van der Waals surface area contributed by atoms with Gasteiger partial charge in [-0.05, 0) is 95.5 Å². The normalized spacial score (nSPS) is 16.6. The van der Waals surface area contributed by atoms with Gasteiger partial charge in [-0.1, -0.05) is 78.0 Å². The van der Waals surface area contributed by atoms with Crippen LogP contribution in [0, 0.1) is 25.1 Å². The van der Waals surface area contributed by atoms with E-state index in [1.165, 1.54) is 12.7 Å². The highest BCUT2D eigenvalue weighted by Crippen LogP contribution is 2.40. The minimum atomic E-state index is -3.10. The fraction of sp³-hybridized carbons (Fsp3) is 0.438. The Morgan fingerprint density at radius 2 is 1.68 bits per heavy atom. The van der Waals surface area contributed by atoms with E-state index < -0.39 is 48.0 Å². The molecule has 0 saturated carbocycles. The van der Waals surface area contributed by atoms with Crippen molar-refractivity contribution in [3.05, 3.63) is 87.7 Å². The molecule has 2 aliphatic heterocycles. The van der Waals surface area contributed by atoms with E-state index >= 15 is 0 Å². The van der Waals surface area contributed by atoms with Crippen LogP contribution in [0.4, 0.5) is 21.5 Å². The van der Waals surface area contributed by atoms with Gasteiger partial charge in [-0.2, -0.15) is 0 Å². The van der Waals surface area contributed by atoms with Gasteiger partial charge in [-0.25, -0.2) is 9.29 Å². The number of nitrogens with zero attached hydrogens (tertiary/aromatic N) is 3. The summed E-state index contributed by atoms with van der Waals surface area (Å²) in [7, 11) is -3.10. The Kier molecular flexibility index (Phi) is 23.5. The zero-order valence-electron chi connectivity index (χ0n) is 39.2. The summed E-state index contributed by atoms with van der Waals surface area (Å²) in [5.74, 6) is -0.131. The number of aryl methyl sites for hydroxylation is 2. The highest BCUT2D eigenvalue weighted by atomic mass is 35.5. The number of benzene rings is 3. The number of rotatable bonds is 14. The van der Waals surface area contributed by atoms with Crippen LogP contribution in [0.3, 0.4) is 0 Å². The number of hydrogen-bond donors (Lipinski definition) is 3. The number of nitrogens with two attached hydrogens (primary N) is 1. The molecule has 0 spiro atoms. The average Bonchev–Trinajstić information content (AvgIpc) is 3.57. The number of aliphatic carboxylic acids is 1. The predicted octanol–water partition coefficient (Wildman–Crippen LogP) is 9.04. The largest absolute Gasteiger partial charge is 0.489 e. The van der Waals surface area contributed by atoms with Gasteiger partial charge >= 0.3 is 5.97 Å². The van der Waals surface area contributed by atoms with Crippen LogP contribution < -0.4 is 29.9 Å². The molecule has 3 aromatic rings. The Balaban J connectivity index is 0.000000253. The van der Waals surface area contributed by atoms with Gasteiger partial charge in [0.05, 0.1) is 28.1 Å². The topological polar surface area (TPSA) is 206 Å². The molecule has 4 atom stereocenters. The summed E-state index contributed by atoms with van der Waals surface area (Å²) in [5.41, 5.74) is 9.75. The number of carboxylic acid groups (broad SMARTS) is 1. The highest BCUT2D eigenvalue weighted by molar-refractivity contribution is 7.57. The summed E-state index contributed by atoms with van der Waals surface area (Å²) in [6.07, 6.45) is 8.34. The molecule has 1 aliphatic carbocycles. The van der Waals surface area contributed by atoms with Crippen molar-refractivity contribution in [1.82, 2.24) is 0 Å². The standard InChI is InChI=1S/C18H15ClFNO3.C14H20ClNO2.C11H11Cl2NO2.C5H12NO4P/c1-3-10(2)24-16-9-15(14(20)8-13(16)19)21-17(22)11-6-4-5-7-12(11)18(21)23;1-4-12-8-6-7-11(3)14(12)16(10-18-5-2)13(17)9-15;1-7-6-16-9-5-3-2-4-8(9)14(7)11(15)10(12)13;1-11(9,10)3-2-4(6)5(7)8/h1,8-10H,4-7H2,2H3;6-8H,4-5,9-10H2,1-3H3;2-5,7,10H,6H2,1H3;4H,2-3,6H2,1H3,(H,7,8)(H,9,10). The summed E-state index contributed by atoms with van der Waals surface area (Å²) < 4.78 is 41.4. The van der Waals surface area contributed by atoms with Gasteiger partial charge in [0.15, 0.2) is 18.3 Å². The first-order chi connectivity index (χ1) is 32.5. The van der Waals surface area contributed by atoms with Crippen molar-refractivity contribution in [3.63, 3.8) is 0 Å². The van der Waals surface area contributed by atoms with Crippen LogP contribution in [0.15, 0.2) is 65.7 Å². The Morgan fingerprint density at radius 3 is 2.22 bits per heavy atom. The second kappa shape index (κ2) is 27.6. The molecule has 69 heavy (non-hydrogen) atoms. The third-order valence-electron chi connectivity index (χ3n) is 10.6. The quantitative estimate of drug-likeness (QED) is 0.0455. The molecule has 3 aliphatic rings. The molecule has 0 saturated heterocycles. The van der Waals surface area contributed by atoms with Gasteiger partial charge in [0.2, 0.25) is 5.91 Å². The smallest absolute Gasteiger partial charge is 0.320 e. The maximum Gasteiger partial charge on any atom is 0.320 e. The summed E-state index contributed by atoms with van der Waals surface area (Å²) in [6, 6.07) is 14.5. The Morgan fingerprint density at radius 1 is 1.06 bits per heavy atom. The van der Waals surface area contributed by atoms with Crippen molar-refractivity contribution in [2.24, 2.45) is 5.73 Å². The first kappa shape index (κ1) is 58.6. The Hall–Kier alpha value is -4.69. The number of anilines is 3. The molecule has 6 rings (SSSR count). The number of fused-ring (bicyclic) bond motifs is 1. The minimum absolute atomic E-state index is 0.0233. The van der Waals surface area contributed by atoms with Gasteiger partial charge in [0, 0.05) is 36.6 Å². The van der Waals surface area contributed by atoms with Crippen molar-refractivity contribution in [1.29, 1.82) is 0 Å². The third kappa shape index (κ3) is 16.4. The number of para-hydroxylation sites is 3. The Bertz CT molecular complexity index is 2420. The summed E-state index contributed by atoms with van der Waals surface area (Å²) in [6.45, 7) is 11.9. The number of amides is 4. The van der Waals surface area contributed by atoms with Crippen LogP contribution >= 0.6 is 53.8 Å². The molecule has 0 bridgehead atoms. The lowest BCUT2D eigenvalue weighted by atomic mass is 9.93. The monoisotopic (exact) mass is 1060 g/mol. The van der Waals surface area contributed by atoms with Crippen LogP contribution in [0.5, 0.6) is 11.5 Å². The predicted molar refractivity (Wildman–Crippen MR) is 269 cm³/mol. The number of halogens is 5. The van der Waals surface area contributed by atoms with Crippen molar-refractivity contribution < 1.29 is 57.1 Å². The molecule has 21 heteroatoms. The average molecular weight is 1060 g/mol. The zero-order valence-corrected chi connectivity index (χ0v) is 43.1. The molecule has 2 heterocycles. The lowest BCUT2D eigenvalue weighted by Crippen LogP contribution is -2.47. The summed E-state index contributed by atoms with van der Waals surface area (Å²) in [4.78, 5) is 70.8. The molecule has 3 aromatic carbocycles. The second-order valence-electron chi connectivity index (χ2n) is 15.9. The van der Waals surface area contributed by atoms with Crippen LogP contribution in [0.2, 0.25) is 5.02 Å². The molecule has 4 N–H and O–H groups in total. The fourth-order valence-corrected chi connectivity index (χ4v) is 8.42. The molecule has 376 valence electrons. The van der Waals surface area contributed by atoms with E-state index in [9.17, 15) is 32.9 Å². The number of terminal acetylenes is 1. The van der Waals surface area contributed by atoms with E-state index in [0.29, 0.717) is 43.0 Å². The van der Waals surface area contributed by atoms with Gasteiger partial charge in [-0.15, -0.1) is 18.0 Å². The third-order valence-corrected chi connectivity index (χ3v) is 12.6. The number of ether oxygens (including phenoxy) is 3. The number of hydrogen-bond acceptors (Lipinski definition) is 10. The fourth-order valence-electron chi connectivity index (χ4n) is 7.11. The van der Waals surface area contributed by atoms with E-state index in [4.69, 9.17) is 82.8 Å². The molecule has 4 amide bonds. The SMILES string of the molecule is C#CC(C)Oc1cc(N2C(=O)C3=C(CCCC3)C2=O)c(F)cc1Cl.CC1COc2ccccc2N1C(=O)C(Cl)Cl.CCOCN(C(=O)CCl)c1c(C)cccc1CC.CP(=O)(O)CCC(N)C(=O)O. The lowest BCUT2D eigenvalue weighted by Gasteiger charge is -2.35. The zero-order chi connectivity index (χ0) is 51.7. The highest BCUT2D eigenvalue weighted by Gasteiger charge is 2.41. The van der Waals surface area contributed by atoms with Crippen LogP contribution in [0.25, 0.3) is 0 Å². The first-order valence-electron chi connectivity index (χ1n) is 21.9. The van der Waals surface area contributed by atoms with Gasteiger partial charge < -0.3 is 34.8 Å². The van der Waals surface area contributed by atoms with E-state index in [0.717, 1.165) is 52.7 Å². The molecule has 0 radical (unpaired) electrons. The van der Waals surface area contributed by atoms with Crippen LogP contribution in [-0.2, 0) is 39.7 Å². The Labute approximate surface area is 422 Å². The first-order valence-corrected chi connectivity index (χ1v) is 26.0. The number of carbonyl (C=O) groups excluding carboxylic acids is 4. The molecule has 15 nitrogen and oxygen atoms in total. The molecular weight excluding hydrogens is 1000 g/mol. The van der Waals surface area contributed by atoms with E-state index in [2.05, 4.69) is 12.8 Å². The van der Waals surface area contributed by atoms with E-state index in [1.54, 1.807) is 16.7 Å². The number of imide groups is 1.